The molecule has 5 aromatic rings. The standard InChI is InChI=1S/C67H92N14O17S3.Y/c1-40(83)52(36-82)74-66(97)54-39-101-100-38-53(75-62(93)49(28-42-12-4-3-5-13-42)70-56(85)32-78-20-22-79(33-57(86)87)24-26-81(35-59(90)91)27-25-80(23-21-78)34-58(88)89)65(96)73-51(30-44-37-99-55-18-9-7-15-46(44)55)64(95)72-50(29-43-31-69-47-16-8-6-14-45(43)47)63(94)71-48(17-10-11-19-68)61(92)77-60(41(2)84)67(98)76-54;/h3-9,12-16,18,31,37,40-41,48-54,60,69,82-84H,10-11,17,19-30,32-36,38-39,68H2,1-2H3,(H,70,85)(H,71,94)(H,72,95)(H,73,96)(H,74,97)(H,75,93)(H,76,98)(H,77,92)(H,86,87)(H,88,89)(H,90,91);/t40-,41-,48+,49-,50-,51-,52-,53+,54+,60+;/m1./s1/i;1+1. The minimum atomic E-state index is -1.76. The third kappa shape index (κ3) is 26.8. The number of carboxylic acids is 3. The number of nitrogens with one attached hydrogen (secondary N) is 9. The number of benzene rings is 3. The van der Waals surface area contributed by atoms with Gasteiger partial charge in [0.1, 0.15) is 42.3 Å². The predicted molar refractivity (Wildman–Crippen MR) is 380 cm³/mol. The molecule has 2 fully saturated rings. The Hall–Kier alpha value is -7.19. The van der Waals surface area contributed by atoms with E-state index in [0.717, 1.165) is 31.7 Å². The van der Waals surface area contributed by atoms with Crippen LogP contribution < -0.4 is 48.3 Å². The van der Waals surface area contributed by atoms with Crippen LogP contribution in [0, 0.1) is 0 Å². The molecule has 4 heterocycles. The molecule has 31 nitrogen and oxygen atoms in total. The molecule has 17 N–H and O–H groups in total. The summed E-state index contributed by atoms with van der Waals surface area (Å²) in [5.41, 5.74) is 8.36. The van der Waals surface area contributed by atoms with Gasteiger partial charge in [-0.3, -0.25) is 72.3 Å². The number of amides is 8. The molecule has 7 rings (SSSR count). The number of carbonyl (C=O) groups excluding carboxylic acids is 8. The van der Waals surface area contributed by atoms with Crippen molar-refractivity contribution < 1.29 is 116 Å². The second-order valence-corrected chi connectivity index (χ2v) is 28.5. The van der Waals surface area contributed by atoms with E-state index in [-0.39, 0.29) is 142 Å². The molecule has 553 valence electrons. The number of hydrogen-bond donors (Lipinski definition) is 16. The zero-order chi connectivity index (χ0) is 73.1. The summed E-state index contributed by atoms with van der Waals surface area (Å²) < 4.78 is 0.856. The fourth-order valence-corrected chi connectivity index (χ4v) is 14.9. The largest absolute Gasteiger partial charge is 0.480 e. The van der Waals surface area contributed by atoms with Crippen molar-refractivity contribution in [2.75, 3.05) is 103 Å². The molecular weight excluding hydrogens is 1460 g/mol. The molecule has 2 saturated heterocycles. The Kier molecular flexibility index (Phi) is 34.9. The number of carbonyl (C=O) groups is 11. The third-order valence-electron chi connectivity index (χ3n) is 17.2. The summed E-state index contributed by atoms with van der Waals surface area (Å²) >= 11 is 1.39. The summed E-state index contributed by atoms with van der Waals surface area (Å²) in [7, 11) is 1.87. The zero-order valence-corrected chi connectivity index (χ0v) is 62.1. The number of thiophene rings is 1. The molecule has 10 atom stereocenters. The summed E-state index contributed by atoms with van der Waals surface area (Å²) in [6, 6.07) is 11.3. The summed E-state index contributed by atoms with van der Waals surface area (Å²) in [5.74, 6) is -11.2. The third-order valence-corrected chi connectivity index (χ3v) is 20.7. The SMILES string of the molecule is C[C@@H](O)[C@@H]1NC(=O)[C@H](CCCCN)NC(=O)[C@@H](Cc2c[nH]c3ccccc23)NC(=O)[C@@H](Cc2csc3ccccc23)NC(=O)[C@@H](NC(=O)[C@@H](Cc2ccccc2)NC(=O)CN2CCN(CC(=O)O)CCN(CC(=O)O)CCN(CC(=O)O)CC2)CSSC[C@@H](C(=O)N[C@H](CO)[C@@H](C)O)NC1=O.[90Y]. The van der Waals surface area contributed by atoms with E-state index in [0.29, 0.717) is 34.0 Å². The molecule has 35 heteroatoms. The van der Waals surface area contributed by atoms with E-state index >= 15 is 19.2 Å². The summed E-state index contributed by atoms with van der Waals surface area (Å²) in [5, 5.41) is 86.1. The number of H-pyrrole nitrogens is 1. The van der Waals surface area contributed by atoms with Gasteiger partial charge in [0.2, 0.25) is 47.3 Å². The number of nitrogens with two attached hydrogens (primary N) is 1. The Balaban J connectivity index is 0.0000164. The van der Waals surface area contributed by atoms with E-state index < -0.39 is 152 Å². The second-order valence-electron chi connectivity index (χ2n) is 25.0. The van der Waals surface area contributed by atoms with Crippen molar-refractivity contribution in [3.8, 4) is 0 Å². The summed E-state index contributed by atoms with van der Waals surface area (Å²) in [6.45, 7) is 1.24. The fourth-order valence-electron chi connectivity index (χ4n) is 11.6. The van der Waals surface area contributed by atoms with Gasteiger partial charge in [-0.05, 0) is 79.2 Å². The second kappa shape index (κ2) is 42.6. The van der Waals surface area contributed by atoms with Crippen LogP contribution in [0.25, 0.3) is 21.0 Å². The first-order valence-corrected chi connectivity index (χ1v) is 36.7. The van der Waals surface area contributed by atoms with Crippen molar-refractivity contribution in [2.24, 2.45) is 5.73 Å². The molecule has 0 saturated carbocycles. The van der Waals surface area contributed by atoms with Gasteiger partial charge >= 0.3 is 17.9 Å². The van der Waals surface area contributed by atoms with E-state index in [1.807, 2.05) is 47.8 Å². The average molecular weight is 1550 g/mol. The van der Waals surface area contributed by atoms with Crippen LogP contribution in [0.3, 0.4) is 0 Å². The number of carboxylic acid groups (broad SMARTS) is 3. The number of hydrogen-bond acceptors (Lipinski definition) is 22. The summed E-state index contributed by atoms with van der Waals surface area (Å²) in [4.78, 5) is 164. The minimum Gasteiger partial charge on any atom is -0.480 e. The number of unbranched alkanes of at least 4 members (excludes halogenated alkanes) is 1. The van der Waals surface area contributed by atoms with E-state index in [2.05, 4.69) is 47.5 Å². The average Bonchev–Trinajstić information content (AvgIpc) is 1.65. The number of aliphatic carboxylic acids is 3. The molecule has 2 aliphatic rings. The molecule has 102 heavy (non-hydrogen) atoms. The van der Waals surface area contributed by atoms with Crippen LogP contribution in [0.1, 0.15) is 49.8 Å². The number of aliphatic hydroxyl groups is 3. The van der Waals surface area contributed by atoms with Crippen LogP contribution in [0.5, 0.6) is 0 Å². The van der Waals surface area contributed by atoms with E-state index in [1.165, 1.54) is 25.2 Å². The Morgan fingerprint density at radius 1 is 0.598 bits per heavy atom. The van der Waals surface area contributed by atoms with Gasteiger partial charge < -0.3 is 83.9 Å². The van der Waals surface area contributed by atoms with E-state index in [9.17, 15) is 64.2 Å². The van der Waals surface area contributed by atoms with Gasteiger partial charge in [0.05, 0.1) is 51.0 Å². The maximum atomic E-state index is 15.5. The topological polar surface area (TPSA) is 460 Å². The van der Waals surface area contributed by atoms with Gasteiger partial charge in [-0.2, -0.15) is 0 Å². The first-order valence-electron chi connectivity index (χ1n) is 33.3. The number of aliphatic hydroxyl groups excluding tert-OH is 3. The van der Waals surface area contributed by atoms with Crippen molar-refractivity contribution >= 4 is 119 Å². The van der Waals surface area contributed by atoms with Crippen molar-refractivity contribution in [3.05, 3.63) is 107 Å². The van der Waals surface area contributed by atoms with Crippen LogP contribution in [0.4, 0.5) is 0 Å². The van der Waals surface area contributed by atoms with Crippen LogP contribution >= 0.6 is 32.9 Å². The fraction of sp³-hybridized carbons (Fsp3) is 0.507. The molecule has 0 aliphatic carbocycles. The molecule has 0 spiro atoms. The van der Waals surface area contributed by atoms with Gasteiger partial charge in [0.15, 0.2) is 0 Å². The normalized spacial score (nSPS) is 21.7. The smallest absolute Gasteiger partial charge is 0.317 e. The number of para-hydroxylation sites is 1. The first-order chi connectivity index (χ1) is 48.4. The molecule has 1 radical (unpaired) electrons. The van der Waals surface area contributed by atoms with Gasteiger partial charge in [-0.15, -0.1) is 11.3 Å². The zero-order valence-electron chi connectivity index (χ0n) is 56.8. The molecule has 2 aromatic heterocycles. The number of rotatable bonds is 26. The molecule has 3 aromatic carbocycles. The maximum Gasteiger partial charge on any atom is 0.317 e. The maximum absolute atomic E-state index is 15.5. The Bertz CT molecular complexity index is 3600. The van der Waals surface area contributed by atoms with Crippen molar-refractivity contribution in [3.63, 3.8) is 0 Å². The monoisotopic (exact) mass is 1550 g/mol. The number of aromatic amines is 1. The van der Waals surface area contributed by atoms with Gasteiger partial charge in [-0.1, -0.05) is 88.3 Å². The van der Waals surface area contributed by atoms with Gasteiger partial charge in [-0.25, -0.2) is 0 Å². The van der Waals surface area contributed by atoms with Crippen LogP contribution in [-0.4, -0.2) is 284 Å². The summed E-state index contributed by atoms with van der Waals surface area (Å²) in [6.07, 6.45) is -1.05. The molecule has 2 aliphatic heterocycles. The van der Waals surface area contributed by atoms with Gasteiger partial charge in [0, 0.05) is 138 Å². The number of aromatic nitrogens is 1. The van der Waals surface area contributed by atoms with Crippen LogP contribution in [0.2, 0.25) is 0 Å². The van der Waals surface area contributed by atoms with Crippen LogP contribution in [0.15, 0.2) is 90.4 Å². The van der Waals surface area contributed by atoms with Gasteiger partial charge in [0.25, 0.3) is 0 Å². The number of fused-ring (bicyclic) bond motifs is 2. The molecule has 0 bridgehead atoms. The Morgan fingerprint density at radius 3 is 1.69 bits per heavy atom. The minimum absolute atomic E-state index is 0. The Morgan fingerprint density at radius 2 is 1.12 bits per heavy atom. The van der Waals surface area contributed by atoms with Crippen LogP contribution in [-0.2, 0) is 105 Å². The van der Waals surface area contributed by atoms with Crippen molar-refractivity contribution in [1.29, 1.82) is 0 Å². The quantitative estimate of drug-likeness (QED) is 0.0211. The van der Waals surface area contributed by atoms with Crippen molar-refractivity contribution in [1.82, 2.24) is 67.1 Å². The number of nitrogens with zero attached hydrogens (tertiary/aromatic N) is 4. The van der Waals surface area contributed by atoms with E-state index in [4.69, 9.17) is 5.73 Å². The molecule has 8 amide bonds. The Labute approximate surface area is 627 Å². The van der Waals surface area contributed by atoms with E-state index in [1.54, 1.807) is 62.2 Å². The first kappa shape index (κ1) is 83.8. The molecular formula is C67H92N14O17S3Y. The molecule has 0 unspecified atom stereocenters. The van der Waals surface area contributed by atoms with Crippen molar-refractivity contribution in [2.45, 2.75) is 113 Å². The predicted octanol–water partition coefficient (Wildman–Crippen LogP) is -1.96.